The third-order valence-corrected chi connectivity index (χ3v) is 7.35. The minimum atomic E-state index is -0.288. The van der Waals surface area contributed by atoms with E-state index in [0.29, 0.717) is 40.9 Å². The Balaban J connectivity index is 1.40. The zero-order valence-corrected chi connectivity index (χ0v) is 21.0. The maximum atomic E-state index is 15.4. The Labute approximate surface area is 210 Å². The molecule has 2 unspecified atom stereocenters. The first-order valence-electron chi connectivity index (χ1n) is 13.0. The fourth-order valence-electron chi connectivity index (χ4n) is 5.02. The Morgan fingerprint density at radius 2 is 1.89 bits per heavy atom. The van der Waals surface area contributed by atoms with Gasteiger partial charge in [-0.15, -0.1) is 0 Å². The summed E-state index contributed by atoms with van der Waals surface area (Å²) in [5.41, 5.74) is 5.69. The minimum absolute atomic E-state index is 0.0603. The van der Waals surface area contributed by atoms with E-state index in [2.05, 4.69) is 22.9 Å². The van der Waals surface area contributed by atoms with Crippen LogP contribution in [0.2, 0.25) is 0 Å². The molecule has 8 heteroatoms. The van der Waals surface area contributed by atoms with Crippen molar-refractivity contribution in [2.24, 2.45) is 0 Å². The van der Waals surface area contributed by atoms with Crippen LogP contribution in [0.4, 0.5) is 4.39 Å². The molecule has 2 fully saturated rings. The second kappa shape index (κ2) is 9.32. The highest BCUT2D eigenvalue weighted by Gasteiger charge is 2.31. The van der Waals surface area contributed by atoms with Gasteiger partial charge in [-0.3, -0.25) is 4.68 Å². The number of nitrogens with zero attached hydrogens (tertiary/aromatic N) is 6. The number of fused-ring (bicyclic) bond motifs is 1. The van der Waals surface area contributed by atoms with Crippen molar-refractivity contribution in [3.63, 3.8) is 0 Å². The summed E-state index contributed by atoms with van der Waals surface area (Å²) in [7, 11) is 0. The maximum Gasteiger partial charge on any atom is 0.182 e. The van der Waals surface area contributed by atoms with Crippen molar-refractivity contribution in [3.8, 4) is 11.3 Å². The molecule has 1 aliphatic heterocycles. The number of rotatable bonds is 6. The molecule has 0 N–H and O–H groups in total. The lowest BCUT2D eigenvalue weighted by Gasteiger charge is -2.28. The molecule has 1 saturated heterocycles. The Hall–Kier alpha value is -3.26. The van der Waals surface area contributed by atoms with Gasteiger partial charge in [0.25, 0.3) is 0 Å². The lowest BCUT2D eigenvalue weighted by Crippen LogP contribution is -2.20. The highest BCUT2D eigenvalue weighted by molar-refractivity contribution is 5.87. The summed E-state index contributed by atoms with van der Waals surface area (Å²) in [6.45, 7) is 6.53. The first-order valence-corrected chi connectivity index (χ1v) is 13.0. The molecule has 1 aliphatic carbocycles. The van der Waals surface area contributed by atoms with Crippen LogP contribution in [0.5, 0.6) is 0 Å². The molecular formula is C28H31FN6O. The monoisotopic (exact) mass is 486 g/mol. The van der Waals surface area contributed by atoms with Gasteiger partial charge < -0.3 is 4.74 Å². The van der Waals surface area contributed by atoms with Crippen LogP contribution in [-0.2, 0) is 11.2 Å². The van der Waals surface area contributed by atoms with Crippen LogP contribution in [0, 0.1) is 19.7 Å². The Morgan fingerprint density at radius 3 is 2.67 bits per heavy atom. The van der Waals surface area contributed by atoms with E-state index in [-0.39, 0.29) is 17.8 Å². The molecular weight excluding hydrogens is 455 g/mol. The van der Waals surface area contributed by atoms with Crippen LogP contribution < -0.4 is 0 Å². The van der Waals surface area contributed by atoms with E-state index in [1.54, 1.807) is 6.07 Å². The molecule has 0 bridgehead atoms. The molecule has 186 valence electrons. The fraction of sp³-hybridized carbons (Fsp3) is 0.464. The van der Waals surface area contributed by atoms with Crippen molar-refractivity contribution < 1.29 is 9.13 Å². The molecule has 3 aromatic heterocycles. The number of hydrogen-bond acceptors (Lipinski definition) is 6. The summed E-state index contributed by atoms with van der Waals surface area (Å²) in [6.07, 6.45) is 9.71. The molecule has 1 aromatic carbocycles. The van der Waals surface area contributed by atoms with Gasteiger partial charge in [-0.25, -0.2) is 24.3 Å². The predicted molar refractivity (Wildman–Crippen MR) is 135 cm³/mol. The Kier molecular flexibility index (Phi) is 5.99. The van der Waals surface area contributed by atoms with E-state index in [9.17, 15) is 0 Å². The number of ether oxygens (including phenoxy) is 1. The molecule has 0 spiro atoms. The molecule has 4 aromatic rings. The zero-order valence-electron chi connectivity index (χ0n) is 21.0. The summed E-state index contributed by atoms with van der Waals surface area (Å²) in [6, 6.07) is 5.95. The molecule has 0 amide bonds. The van der Waals surface area contributed by atoms with Crippen LogP contribution >= 0.6 is 0 Å². The van der Waals surface area contributed by atoms with Crippen LogP contribution in [0.15, 0.2) is 30.6 Å². The van der Waals surface area contributed by atoms with Gasteiger partial charge in [-0.2, -0.15) is 5.10 Å². The van der Waals surface area contributed by atoms with Crippen molar-refractivity contribution in [1.29, 1.82) is 0 Å². The molecule has 7 nitrogen and oxygen atoms in total. The van der Waals surface area contributed by atoms with E-state index in [0.717, 1.165) is 48.2 Å². The fourth-order valence-corrected chi connectivity index (χ4v) is 5.02. The van der Waals surface area contributed by atoms with Gasteiger partial charge in [0.15, 0.2) is 5.65 Å². The smallest absolute Gasteiger partial charge is 0.182 e. The summed E-state index contributed by atoms with van der Waals surface area (Å²) in [5, 5.41) is 4.54. The maximum absolute atomic E-state index is 15.4. The van der Waals surface area contributed by atoms with Gasteiger partial charge in [0.2, 0.25) is 0 Å². The van der Waals surface area contributed by atoms with Crippen LogP contribution in [0.3, 0.4) is 0 Å². The third kappa shape index (κ3) is 4.39. The number of benzene rings is 1. The highest BCUT2D eigenvalue weighted by atomic mass is 19.1. The van der Waals surface area contributed by atoms with E-state index in [1.165, 1.54) is 12.8 Å². The summed E-state index contributed by atoms with van der Waals surface area (Å²) in [4.78, 5) is 19.3. The van der Waals surface area contributed by atoms with E-state index < -0.39 is 0 Å². The minimum Gasteiger partial charge on any atom is -0.373 e. The molecule has 36 heavy (non-hydrogen) atoms. The highest BCUT2D eigenvalue weighted by Crippen LogP contribution is 2.40. The number of aryl methyl sites for hydroxylation is 3. The second-order valence-electron chi connectivity index (χ2n) is 10.1. The average Bonchev–Trinajstić information content (AvgIpc) is 3.61. The van der Waals surface area contributed by atoms with Crippen LogP contribution in [0.25, 0.3) is 22.4 Å². The number of halogens is 1. The molecule has 2 atom stereocenters. The molecule has 2 aliphatic rings. The average molecular weight is 487 g/mol. The van der Waals surface area contributed by atoms with Crippen molar-refractivity contribution in [2.75, 3.05) is 6.61 Å². The van der Waals surface area contributed by atoms with Gasteiger partial charge in [0.05, 0.1) is 29.7 Å². The third-order valence-electron chi connectivity index (χ3n) is 7.35. The van der Waals surface area contributed by atoms with E-state index in [4.69, 9.17) is 24.7 Å². The summed E-state index contributed by atoms with van der Waals surface area (Å²) < 4.78 is 23.5. The number of hydrogen-bond donors (Lipinski definition) is 0. The Bertz CT molecular complexity index is 1430. The van der Waals surface area contributed by atoms with Gasteiger partial charge in [0.1, 0.15) is 22.9 Å². The molecule has 6 rings (SSSR count). The summed E-state index contributed by atoms with van der Waals surface area (Å²) in [5.74, 6) is 0.459. The molecule has 0 radical (unpaired) electrons. The van der Waals surface area contributed by atoms with Gasteiger partial charge in [0, 0.05) is 29.8 Å². The normalized spacial score (nSPS) is 20.2. The van der Waals surface area contributed by atoms with Crippen LogP contribution in [0.1, 0.15) is 85.4 Å². The first-order chi connectivity index (χ1) is 17.5. The second-order valence-corrected chi connectivity index (χ2v) is 10.1. The lowest BCUT2D eigenvalue weighted by molar-refractivity contribution is 0.00396. The molecule has 1 saturated carbocycles. The van der Waals surface area contributed by atoms with Gasteiger partial charge >= 0.3 is 0 Å². The Morgan fingerprint density at radius 1 is 1.06 bits per heavy atom. The summed E-state index contributed by atoms with van der Waals surface area (Å²) >= 11 is 0. The predicted octanol–water partition coefficient (Wildman–Crippen LogP) is 5.96. The van der Waals surface area contributed by atoms with Crippen molar-refractivity contribution >= 4 is 11.2 Å². The number of aromatic nitrogens is 6. The van der Waals surface area contributed by atoms with E-state index >= 15 is 4.39 Å². The zero-order chi connectivity index (χ0) is 24.8. The van der Waals surface area contributed by atoms with Crippen LogP contribution in [-0.4, -0.2) is 36.3 Å². The molecule has 4 heterocycles. The SMILES string of the molecule is CCCc1ccc(-c2nc(C3CCOC(c4cnn(C5CC5)c4)C3)nc3nc(C)c(C)nc23)c(F)c1. The van der Waals surface area contributed by atoms with Gasteiger partial charge in [-0.05, 0) is 63.6 Å². The first kappa shape index (κ1) is 23.2. The van der Waals surface area contributed by atoms with Crippen molar-refractivity contribution in [1.82, 2.24) is 29.7 Å². The standard InChI is InChI=1S/C28H31FN6O/c1-4-5-18-6-9-22(23(29)12-18)25-26-28(32-17(3)16(2)31-26)34-27(33-25)19-10-11-36-24(13-19)20-14-30-35(15-20)21-7-8-21/h6,9,12,14-15,19,21,24H,4-5,7-8,10-11,13H2,1-3H3. The van der Waals surface area contributed by atoms with Crippen molar-refractivity contribution in [2.45, 2.75) is 77.4 Å². The van der Waals surface area contributed by atoms with Crippen molar-refractivity contribution in [3.05, 3.63) is 64.7 Å². The quantitative estimate of drug-likeness (QED) is 0.334. The lowest BCUT2D eigenvalue weighted by atomic mass is 9.92. The van der Waals surface area contributed by atoms with E-state index in [1.807, 2.05) is 32.2 Å². The van der Waals surface area contributed by atoms with Gasteiger partial charge in [-0.1, -0.05) is 19.4 Å². The topological polar surface area (TPSA) is 78.6 Å². The largest absolute Gasteiger partial charge is 0.373 e.